The van der Waals surface area contributed by atoms with Crippen molar-refractivity contribution >= 4 is 35.0 Å². The fourth-order valence-electron chi connectivity index (χ4n) is 2.98. The van der Waals surface area contributed by atoms with E-state index in [0.29, 0.717) is 16.0 Å². The number of nitrogen functional groups attached to an aromatic ring is 1. The lowest BCUT2D eigenvalue weighted by Crippen LogP contribution is -2.16. The summed E-state index contributed by atoms with van der Waals surface area (Å²) in [6.45, 7) is 0. The Balaban J connectivity index is 1.45. The van der Waals surface area contributed by atoms with Crippen molar-refractivity contribution in [2.75, 3.05) is 16.9 Å². The molecule has 1 heterocycles. The van der Waals surface area contributed by atoms with Gasteiger partial charge < -0.3 is 11.2 Å². The molecule has 0 unspecified atom stereocenters. The lowest BCUT2D eigenvalue weighted by molar-refractivity contribution is -0.113. The van der Waals surface area contributed by atoms with E-state index in [1.54, 1.807) is 12.1 Å². The first kappa shape index (κ1) is 20.0. The molecule has 0 aliphatic heterocycles. The largest absolute Gasteiger partial charge is 0.335 e. The lowest BCUT2D eigenvalue weighted by Gasteiger charge is -2.11. The number of rotatable bonds is 6. The molecule has 1 aromatic heterocycles. The zero-order valence-electron chi connectivity index (χ0n) is 15.8. The van der Waals surface area contributed by atoms with E-state index in [1.807, 2.05) is 66.7 Å². The summed E-state index contributed by atoms with van der Waals surface area (Å²) in [5.74, 6) is 6.59. The summed E-state index contributed by atoms with van der Waals surface area (Å²) in [5.41, 5.74) is 3.50. The second kappa shape index (κ2) is 9.02. The first-order valence-corrected chi connectivity index (χ1v) is 10.5. The van der Waals surface area contributed by atoms with Crippen LogP contribution in [0.25, 0.3) is 22.5 Å². The van der Waals surface area contributed by atoms with Crippen LogP contribution in [0.4, 0.5) is 5.69 Å². The Kier molecular flexibility index (Phi) is 6.02. The normalized spacial score (nSPS) is 10.7. The Hall–Kier alpha value is -3.29. The van der Waals surface area contributed by atoms with E-state index >= 15 is 0 Å². The van der Waals surface area contributed by atoms with Gasteiger partial charge in [-0.15, -0.1) is 10.2 Å². The van der Waals surface area contributed by atoms with E-state index in [2.05, 4.69) is 15.5 Å². The number of nitrogens with two attached hydrogens (primary N) is 1. The zero-order valence-corrected chi connectivity index (χ0v) is 17.4. The average Bonchev–Trinajstić information content (AvgIpc) is 3.13. The predicted molar refractivity (Wildman–Crippen MR) is 122 cm³/mol. The van der Waals surface area contributed by atoms with Crippen LogP contribution in [-0.4, -0.2) is 26.5 Å². The zero-order chi connectivity index (χ0) is 20.9. The van der Waals surface area contributed by atoms with Gasteiger partial charge in [-0.05, 0) is 23.8 Å². The first-order chi connectivity index (χ1) is 14.6. The lowest BCUT2D eigenvalue weighted by atomic mass is 10.0. The molecule has 1 amide bonds. The van der Waals surface area contributed by atoms with E-state index in [9.17, 15) is 4.79 Å². The van der Waals surface area contributed by atoms with Gasteiger partial charge in [-0.1, -0.05) is 84.0 Å². The van der Waals surface area contributed by atoms with Crippen LogP contribution in [0.1, 0.15) is 0 Å². The first-order valence-electron chi connectivity index (χ1n) is 9.15. The molecular formula is C22H18ClN5OS. The summed E-state index contributed by atoms with van der Waals surface area (Å²) in [5, 5.41) is 12.2. The highest BCUT2D eigenvalue weighted by molar-refractivity contribution is 7.99. The minimum Gasteiger partial charge on any atom is -0.335 e. The van der Waals surface area contributed by atoms with Crippen LogP contribution in [0, 0.1) is 0 Å². The molecule has 8 heteroatoms. The third kappa shape index (κ3) is 4.48. The Bertz CT molecular complexity index is 1180. The van der Waals surface area contributed by atoms with Gasteiger partial charge in [0.1, 0.15) is 0 Å². The number of halogens is 1. The summed E-state index contributed by atoms with van der Waals surface area (Å²) in [7, 11) is 0. The maximum atomic E-state index is 12.6. The molecule has 0 aliphatic rings. The number of carbonyl (C=O) groups is 1. The quantitative estimate of drug-likeness (QED) is 0.338. The van der Waals surface area contributed by atoms with Crippen LogP contribution >= 0.6 is 23.4 Å². The highest BCUT2D eigenvalue weighted by Gasteiger charge is 2.15. The Labute approximate surface area is 183 Å². The number of nitrogens with one attached hydrogen (secondary N) is 1. The van der Waals surface area contributed by atoms with Crippen molar-refractivity contribution in [3.05, 3.63) is 83.9 Å². The number of hydrogen-bond acceptors (Lipinski definition) is 5. The SMILES string of the molecule is Nn1c(SCC(=O)Nc2ccccc2-c2ccccc2)nnc1-c1cccc(Cl)c1. The van der Waals surface area contributed by atoms with Crippen LogP contribution in [0.15, 0.2) is 84.0 Å². The van der Waals surface area contributed by atoms with Gasteiger partial charge in [-0.3, -0.25) is 4.79 Å². The third-order valence-electron chi connectivity index (χ3n) is 4.37. The van der Waals surface area contributed by atoms with Crippen LogP contribution in [0.5, 0.6) is 0 Å². The minimum atomic E-state index is -0.157. The number of anilines is 1. The van der Waals surface area contributed by atoms with Crippen molar-refractivity contribution in [2.45, 2.75) is 5.16 Å². The topological polar surface area (TPSA) is 85.8 Å². The van der Waals surface area contributed by atoms with Crippen molar-refractivity contribution in [1.82, 2.24) is 14.9 Å². The van der Waals surface area contributed by atoms with Crippen LogP contribution in [0.3, 0.4) is 0 Å². The van der Waals surface area contributed by atoms with Crippen molar-refractivity contribution in [2.24, 2.45) is 0 Å². The number of carbonyl (C=O) groups excluding carboxylic acids is 1. The molecule has 150 valence electrons. The summed E-state index contributed by atoms with van der Waals surface area (Å²) in [6.07, 6.45) is 0. The predicted octanol–water partition coefficient (Wildman–Crippen LogP) is 4.71. The number of para-hydroxylation sites is 1. The van der Waals surface area contributed by atoms with Crippen LogP contribution in [-0.2, 0) is 4.79 Å². The monoisotopic (exact) mass is 435 g/mol. The van der Waals surface area contributed by atoms with Gasteiger partial charge in [0.15, 0.2) is 5.82 Å². The summed E-state index contributed by atoms with van der Waals surface area (Å²) in [4.78, 5) is 12.6. The molecule has 6 nitrogen and oxygen atoms in total. The Morgan fingerprint density at radius 3 is 2.50 bits per heavy atom. The molecule has 0 saturated carbocycles. The van der Waals surface area contributed by atoms with Gasteiger partial charge in [0.25, 0.3) is 0 Å². The van der Waals surface area contributed by atoms with Gasteiger partial charge in [-0.2, -0.15) is 0 Å². The number of nitrogens with zero attached hydrogens (tertiary/aromatic N) is 3. The average molecular weight is 436 g/mol. The molecule has 3 aromatic carbocycles. The molecule has 0 atom stereocenters. The van der Waals surface area contributed by atoms with E-state index < -0.39 is 0 Å². The number of amides is 1. The number of thioether (sulfide) groups is 1. The Morgan fingerprint density at radius 1 is 0.967 bits per heavy atom. The molecule has 4 rings (SSSR count). The molecule has 30 heavy (non-hydrogen) atoms. The fraction of sp³-hybridized carbons (Fsp3) is 0.0455. The second-order valence-corrected chi connectivity index (χ2v) is 7.81. The molecule has 0 aliphatic carbocycles. The molecule has 3 N–H and O–H groups in total. The van der Waals surface area contributed by atoms with Gasteiger partial charge in [0.05, 0.1) is 5.75 Å². The Morgan fingerprint density at radius 2 is 1.70 bits per heavy atom. The van der Waals surface area contributed by atoms with Crippen molar-refractivity contribution < 1.29 is 4.79 Å². The molecule has 0 saturated heterocycles. The molecule has 0 fully saturated rings. The third-order valence-corrected chi connectivity index (χ3v) is 5.54. The summed E-state index contributed by atoms with van der Waals surface area (Å²) in [6, 6.07) is 24.8. The van der Waals surface area contributed by atoms with E-state index in [-0.39, 0.29) is 11.7 Å². The van der Waals surface area contributed by atoms with Gasteiger partial charge >= 0.3 is 0 Å². The standard InChI is InChI=1S/C22H18ClN5OS/c23-17-10-6-9-16(13-17)21-26-27-22(28(21)24)30-14-20(29)25-19-12-5-4-11-18(19)15-7-2-1-3-8-15/h1-13H,14,24H2,(H,25,29). The highest BCUT2D eigenvalue weighted by atomic mass is 35.5. The van der Waals surface area contributed by atoms with Crippen molar-refractivity contribution in [3.63, 3.8) is 0 Å². The number of benzene rings is 3. The van der Waals surface area contributed by atoms with Crippen LogP contribution < -0.4 is 11.2 Å². The number of aromatic nitrogens is 3. The molecule has 4 aromatic rings. The smallest absolute Gasteiger partial charge is 0.234 e. The molecular weight excluding hydrogens is 418 g/mol. The second-order valence-electron chi connectivity index (χ2n) is 6.43. The van der Waals surface area contributed by atoms with Gasteiger partial charge in [0, 0.05) is 21.8 Å². The molecule has 0 spiro atoms. The van der Waals surface area contributed by atoms with Crippen molar-refractivity contribution in [3.8, 4) is 22.5 Å². The van der Waals surface area contributed by atoms with E-state index in [0.717, 1.165) is 22.4 Å². The summed E-state index contributed by atoms with van der Waals surface area (Å²) >= 11 is 7.25. The molecule has 0 radical (unpaired) electrons. The van der Waals surface area contributed by atoms with E-state index in [1.165, 1.54) is 16.4 Å². The summed E-state index contributed by atoms with van der Waals surface area (Å²) < 4.78 is 1.36. The highest BCUT2D eigenvalue weighted by Crippen LogP contribution is 2.28. The fourth-order valence-corrected chi connectivity index (χ4v) is 3.82. The van der Waals surface area contributed by atoms with Gasteiger partial charge in [-0.25, -0.2) is 4.68 Å². The maximum Gasteiger partial charge on any atom is 0.234 e. The van der Waals surface area contributed by atoms with E-state index in [4.69, 9.17) is 17.4 Å². The number of hydrogen-bond donors (Lipinski definition) is 2. The van der Waals surface area contributed by atoms with Gasteiger partial charge in [0.2, 0.25) is 11.1 Å². The maximum absolute atomic E-state index is 12.6. The molecule has 0 bridgehead atoms. The van der Waals surface area contributed by atoms with Crippen LogP contribution in [0.2, 0.25) is 5.02 Å². The minimum absolute atomic E-state index is 0.147. The van der Waals surface area contributed by atoms with Crippen molar-refractivity contribution in [1.29, 1.82) is 0 Å².